The Balaban J connectivity index is 1.45. The summed E-state index contributed by atoms with van der Waals surface area (Å²) in [7, 11) is 0. The van der Waals surface area contributed by atoms with Crippen LogP contribution in [0.15, 0.2) is 161 Å². The number of rotatable bonds is 55. The summed E-state index contributed by atoms with van der Waals surface area (Å²) in [5.74, 6) is 2.03. The monoisotopic (exact) mass is 1220 g/mol. The van der Waals surface area contributed by atoms with Gasteiger partial charge in [-0.25, -0.2) is 38.9 Å². The van der Waals surface area contributed by atoms with Crippen LogP contribution < -0.4 is 37.9 Å². The fourth-order valence-corrected chi connectivity index (χ4v) is 7.66. The third kappa shape index (κ3) is 30.9. The standard InChI is InChI=1S/C69H88O19/c1-7-41-81-84-53-22-19-48-76-63-38-30-58(66(77-49-17-14-45-73-11-5)69(63)80-52-21-24-55-86-83-43-9-3)31-39-64(70)87-60-33-25-56(26-34-60)57-27-35-61(36-28-57)88-65(71)40-32-59-29-37-62(75-47-16-13-44-72-10-4)68(79-51-18-15-46-74-12-6)67(59)78-50-20-23-54-85-82-42-8-2/h7-12,25-40H,1-6,13-24,41-55H2/b39-31+,40-32+. The zero-order valence-corrected chi connectivity index (χ0v) is 50.8. The van der Waals surface area contributed by atoms with Crippen molar-refractivity contribution >= 4 is 24.1 Å². The lowest BCUT2D eigenvalue weighted by Crippen LogP contribution is -2.09. The molecule has 0 aliphatic rings. The first-order valence-corrected chi connectivity index (χ1v) is 29.7. The van der Waals surface area contributed by atoms with Crippen LogP contribution in [0, 0.1) is 0 Å². The van der Waals surface area contributed by atoms with Crippen molar-refractivity contribution in [2.45, 2.75) is 77.0 Å². The maximum absolute atomic E-state index is 13.4. The number of unbranched alkanes of at least 4 members (excludes halogenated alkanes) is 6. The molecule has 4 rings (SSSR count). The SMILES string of the molecule is C=CCOOCCCCOc1ccc(/C=C/C(=O)Oc2ccc(-c3ccc(OC(=O)/C=C/c4ccc(OCCCCOC=C)c(OCCCCOC=C)c4OCCCCOOCC=C)cc3)cc2)c(OCCCCOC=C)c1OCCCCOOCC=C. The predicted octanol–water partition coefficient (Wildman–Crippen LogP) is 14.4. The summed E-state index contributed by atoms with van der Waals surface area (Å²) in [6, 6.07) is 21.3. The van der Waals surface area contributed by atoms with Gasteiger partial charge in [-0.05, 0) is 149 Å². The van der Waals surface area contributed by atoms with E-state index in [2.05, 4.69) is 39.5 Å². The Kier molecular flexibility index (Phi) is 39.2. The number of carbonyl (C=O) groups is 2. The molecule has 4 aromatic carbocycles. The fourth-order valence-electron chi connectivity index (χ4n) is 7.66. The maximum Gasteiger partial charge on any atom is 0.336 e. The van der Waals surface area contributed by atoms with Crippen LogP contribution in [0.1, 0.15) is 88.2 Å². The first-order chi connectivity index (χ1) is 43.3. The predicted molar refractivity (Wildman–Crippen MR) is 337 cm³/mol. The van der Waals surface area contributed by atoms with Gasteiger partial charge in [0.15, 0.2) is 23.0 Å². The number of carbonyl (C=O) groups excluding carboxylic acids is 2. The normalized spacial score (nSPS) is 10.9. The minimum atomic E-state index is -0.615. The van der Waals surface area contributed by atoms with Gasteiger partial charge >= 0.3 is 11.9 Å². The van der Waals surface area contributed by atoms with E-state index in [0.29, 0.717) is 194 Å². The maximum atomic E-state index is 13.4. The molecule has 0 saturated carbocycles. The van der Waals surface area contributed by atoms with E-state index in [4.69, 9.17) is 81.4 Å². The van der Waals surface area contributed by atoms with E-state index in [1.54, 1.807) is 78.9 Å². The second-order valence-electron chi connectivity index (χ2n) is 18.8. The summed E-state index contributed by atoms with van der Waals surface area (Å²) in [6.45, 7) is 27.3. The zero-order chi connectivity index (χ0) is 62.8. The van der Waals surface area contributed by atoms with Gasteiger partial charge in [-0.1, -0.05) is 62.2 Å². The lowest BCUT2D eigenvalue weighted by atomic mass is 10.1. The van der Waals surface area contributed by atoms with Gasteiger partial charge in [-0.15, -0.1) is 19.7 Å². The third-order valence-corrected chi connectivity index (χ3v) is 12.0. The minimum absolute atomic E-state index is 0.287. The Morgan fingerprint density at radius 2 is 0.614 bits per heavy atom. The second-order valence-corrected chi connectivity index (χ2v) is 18.8. The molecule has 4 aromatic rings. The van der Waals surface area contributed by atoms with Crippen molar-refractivity contribution < 1.29 is 91.0 Å². The van der Waals surface area contributed by atoms with E-state index < -0.39 is 11.9 Å². The summed E-state index contributed by atoms with van der Waals surface area (Å²) in [4.78, 5) is 57.4. The summed E-state index contributed by atoms with van der Waals surface area (Å²) in [5.41, 5.74) is 2.81. The van der Waals surface area contributed by atoms with Gasteiger partial charge in [0.1, 0.15) is 31.3 Å². The van der Waals surface area contributed by atoms with Crippen molar-refractivity contribution in [3.05, 3.63) is 173 Å². The van der Waals surface area contributed by atoms with Gasteiger partial charge in [0.05, 0.1) is 98.1 Å². The molecule has 0 aliphatic heterocycles. The molecular weight excluding hydrogens is 1130 g/mol. The largest absolute Gasteiger partial charge is 0.502 e. The number of ether oxygens (including phenoxy) is 11. The van der Waals surface area contributed by atoms with Crippen molar-refractivity contribution in [1.82, 2.24) is 0 Å². The van der Waals surface area contributed by atoms with E-state index in [0.717, 1.165) is 36.8 Å². The second kappa shape index (κ2) is 47.8. The molecule has 0 aliphatic carbocycles. The summed E-state index contributed by atoms with van der Waals surface area (Å²) < 4.78 is 65.3. The lowest BCUT2D eigenvalue weighted by molar-refractivity contribution is -0.286. The summed E-state index contributed by atoms with van der Waals surface area (Å²) in [5, 5.41) is 0. The average Bonchev–Trinajstić information content (AvgIpc) is 2.89. The van der Waals surface area contributed by atoms with Crippen molar-refractivity contribution in [2.24, 2.45) is 0 Å². The molecule has 19 heteroatoms. The molecule has 0 unspecified atom stereocenters. The first kappa shape index (κ1) is 72.2. The molecule has 0 fully saturated rings. The van der Waals surface area contributed by atoms with Crippen LogP contribution in [-0.2, 0) is 53.1 Å². The number of benzene rings is 4. The fraction of sp³-hybridized carbons (Fsp3) is 0.391. The molecule has 0 heterocycles. The highest BCUT2D eigenvalue weighted by Crippen LogP contribution is 2.43. The van der Waals surface area contributed by atoms with Crippen LogP contribution in [0.4, 0.5) is 0 Å². The first-order valence-electron chi connectivity index (χ1n) is 29.7. The Bertz CT molecular complexity index is 2680. The van der Waals surface area contributed by atoms with Crippen molar-refractivity contribution in [2.75, 3.05) is 99.1 Å². The van der Waals surface area contributed by atoms with Gasteiger partial charge < -0.3 is 52.1 Å². The average molecular weight is 1220 g/mol. The minimum Gasteiger partial charge on any atom is -0.502 e. The summed E-state index contributed by atoms with van der Waals surface area (Å²) in [6.07, 6.45) is 23.3. The van der Waals surface area contributed by atoms with Crippen LogP contribution in [0.2, 0.25) is 0 Å². The number of esters is 2. The third-order valence-electron chi connectivity index (χ3n) is 12.0. The molecule has 0 atom stereocenters. The molecule has 0 radical (unpaired) electrons. The van der Waals surface area contributed by atoms with Crippen LogP contribution in [0.25, 0.3) is 23.3 Å². The molecule has 0 saturated heterocycles. The Labute approximate surface area is 519 Å². The highest BCUT2D eigenvalue weighted by Gasteiger charge is 2.20. The van der Waals surface area contributed by atoms with E-state index in [-0.39, 0.29) is 13.2 Å². The molecule has 0 bridgehead atoms. The molecule has 0 amide bonds. The van der Waals surface area contributed by atoms with Crippen LogP contribution in [0.5, 0.6) is 46.0 Å². The van der Waals surface area contributed by atoms with E-state index in [1.807, 2.05) is 24.3 Å². The quantitative estimate of drug-likeness (QED) is 0.00592. The molecule has 0 N–H and O–H groups in total. The highest BCUT2D eigenvalue weighted by molar-refractivity contribution is 5.90. The molecule has 88 heavy (non-hydrogen) atoms. The van der Waals surface area contributed by atoms with E-state index in [9.17, 15) is 9.59 Å². The molecule has 478 valence electrons. The van der Waals surface area contributed by atoms with E-state index in [1.165, 1.54) is 30.9 Å². The van der Waals surface area contributed by atoms with Gasteiger partial charge in [-0.2, -0.15) is 0 Å². The molecule has 0 spiro atoms. The molecular formula is C69H88O19. The number of hydrogen-bond donors (Lipinski definition) is 0. The van der Waals surface area contributed by atoms with Gasteiger partial charge in [0.2, 0.25) is 11.5 Å². The molecule has 19 nitrogen and oxygen atoms in total. The van der Waals surface area contributed by atoms with E-state index >= 15 is 0 Å². The van der Waals surface area contributed by atoms with Gasteiger partial charge in [0.25, 0.3) is 0 Å². The van der Waals surface area contributed by atoms with Crippen molar-refractivity contribution in [3.63, 3.8) is 0 Å². The zero-order valence-electron chi connectivity index (χ0n) is 50.8. The Morgan fingerprint density at radius 1 is 0.318 bits per heavy atom. The lowest BCUT2D eigenvalue weighted by Gasteiger charge is -2.19. The van der Waals surface area contributed by atoms with Crippen LogP contribution >= 0.6 is 0 Å². The Hall–Kier alpha value is -8.30. The smallest absolute Gasteiger partial charge is 0.336 e. The van der Waals surface area contributed by atoms with Crippen LogP contribution in [-0.4, -0.2) is 111 Å². The van der Waals surface area contributed by atoms with Gasteiger partial charge in [0, 0.05) is 23.3 Å². The Morgan fingerprint density at radius 3 is 0.932 bits per heavy atom. The number of hydrogen-bond acceptors (Lipinski definition) is 19. The van der Waals surface area contributed by atoms with Crippen molar-refractivity contribution in [3.8, 4) is 57.1 Å². The van der Waals surface area contributed by atoms with Crippen LogP contribution in [0.3, 0.4) is 0 Å². The summed E-state index contributed by atoms with van der Waals surface area (Å²) >= 11 is 0. The highest BCUT2D eigenvalue weighted by atomic mass is 17.2. The van der Waals surface area contributed by atoms with Crippen molar-refractivity contribution in [1.29, 1.82) is 0 Å². The topological polar surface area (TPSA) is 191 Å². The van der Waals surface area contributed by atoms with Gasteiger partial charge in [-0.3, -0.25) is 0 Å². The molecule has 0 aromatic heterocycles.